The van der Waals surface area contributed by atoms with Crippen LogP contribution in [0.3, 0.4) is 0 Å². The number of H-pyrrole nitrogens is 1. The largest absolute Gasteiger partial charge is 0.508 e. The molecular formula is C16H14FN3O2. The lowest BCUT2D eigenvalue weighted by atomic mass is 10.1. The molecule has 0 aliphatic heterocycles. The Morgan fingerprint density at radius 1 is 1.09 bits per heavy atom. The standard InChI is InChI=1S/C16H14FN3O2/c17-12-6-8-13(9-7-12)20-15(18-19-16(20)22)10-5-11-3-1-2-4-14(11)21/h1-4,6-9,21H,5,10H2,(H,19,22). The van der Waals surface area contributed by atoms with Gasteiger partial charge in [-0.15, -0.1) is 0 Å². The first-order valence-corrected chi connectivity index (χ1v) is 6.84. The maximum atomic E-state index is 13.0. The van der Waals surface area contributed by atoms with Gasteiger partial charge in [0.2, 0.25) is 0 Å². The molecule has 112 valence electrons. The second kappa shape index (κ2) is 5.85. The van der Waals surface area contributed by atoms with Crippen LogP contribution in [0.25, 0.3) is 5.69 Å². The number of aromatic hydroxyl groups is 1. The molecule has 0 atom stereocenters. The van der Waals surface area contributed by atoms with Crippen LogP contribution >= 0.6 is 0 Å². The van der Waals surface area contributed by atoms with Crippen LogP contribution in [0.2, 0.25) is 0 Å². The first-order chi connectivity index (χ1) is 10.6. The number of nitrogens with zero attached hydrogens (tertiary/aromatic N) is 2. The van der Waals surface area contributed by atoms with E-state index in [9.17, 15) is 14.3 Å². The van der Waals surface area contributed by atoms with Crippen molar-refractivity contribution in [2.24, 2.45) is 0 Å². The molecule has 0 bridgehead atoms. The summed E-state index contributed by atoms with van der Waals surface area (Å²) in [5.41, 5.74) is 0.954. The van der Waals surface area contributed by atoms with Crippen LogP contribution in [0.5, 0.6) is 5.75 Å². The fourth-order valence-electron chi connectivity index (χ4n) is 2.32. The number of rotatable bonds is 4. The van der Waals surface area contributed by atoms with E-state index in [1.807, 2.05) is 12.1 Å². The molecular weight excluding hydrogens is 285 g/mol. The number of benzene rings is 2. The van der Waals surface area contributed by atoms with Gasteiger partial charge in [-0.1, -0.05) is 18.2 Å². The van der Waals surface area contributed by atoms with Crippen LogP contribution in [-0.2, 0) is 12.8 Å². The highest BCUT2D eigenvalue weighted by molar-refractivity contribution is 5.34. The lowest BCUT2D eigenvalue weighted by Crippen LogP contribution is -2.17. The average molecular weight is 299 g/mol. The number of aromatic amines is 1. The predicted octanol–water partition coefficient (Wildman–Crippen LogP) is 2.19. The van der Waals surface area contributed by atoms with E-state index >= 15 is 0 Å². The van der Waals surface area contributed by atoms with Crippen molar-refractivity contribution in [1.82, 2.24) is 14.8 Å². The van der Waals surface area contributed by atoms with Crippen molar-refractivity contribution in [3.05, 3.63) is 76.2 Å². The number of hydrogen-bond donors (Lipinski definition) is 2. The van der Waals surface area contributed by atoms with Gasteiger partial charge in [0.1, 0.15) is 17.4 Å². The van der Waals surface area contributed by atoms with Crippen molar-refractivity contribution < 1.29 is 9.50 Å². The van der Waals surface area contributed by atoms with E-state index in [1.165, 1.54) is 28.8 Å². The number of aryl methyl sites for hydroxylation is 2. The second-order valence-electron chi connectivity index (χ2n) is 4.89. The number of phenolic OH excluding ortho intramolecular Hbond substituents is 1. The zero-order valence-corrected chi connectivity index (χ0v) is 11.7. The van der Waals surface area contributed by atoms with Gasteiger partial charge in [-0.05, 0) is 42.3 Å². The van der Waals surface area contributed by atoms with E-state index in [2.05, 4.69) is 10.2 Å². The number of halogens is 1. The third-order valence-electron chi connectivity index (χ3n) is 3.44. The molecule has 2 aromatic carbocycles. The summed E-state index contributed by atoms with van der Waals surface area (Å²) in [6, 6.07) is 12.7. The predicted molar refractivity (Wildman–Crippen MR) is 79.7 cm³/mol. The highest BCUT2D eigenvalue weighted by Crippen LogP contribution is 2.18. The second-order valence-corrected chi connectivity index (χ2v) is 4.89. The third-order valence-corrected chi connectivity index (χ3v) is 3.44. The Morgan fingerprint density at radius 3 is 2.55 bits per heavy atom. The van der Waals surface area contributed by atoms with Gasteiger partial charge in [-0.25, -0.2) is 18.9 Å². The molecule has 3 aromatic rings. The van der Waals surface area contributed by atoms with E-state index in [4.69, 9.17) is 0 Å². The molecule has 5 nitrogen and oxygen atoms in total. The molecule has 0 saturated heterocycles. The van der Waals surface area contributed by atoms with Crippen molar-refractivity contribution in [3.8, 4) is 11.4 Å². The first kappa shape index (κ1) is 14.1. The minimum atomic E-state index is -0.376. The molecule has 0 aliphatic rings. The van der Waals surface area contributed by atoms with Crippen molar-refractivity contribution in [3.63, 3.8) is 0 Å². The number of phenols is 1. The van der Waals surface area contributed by atoms with Gasteiger partial charge in [0.15, 0.2) is 0 Å². The fourth-order valence-corrected chi connectivity index (χ4v) is 2.32. The Bertz CT molecular complexity index is 837. The SMILES string of the molecule is O=c1[nH]nc(CCc2ccccc2O)n1-c1ccc(F)cc1. The maximum absolute atomic E-state index is 13.0. The minimum Gasteiger partial charge on any atom is -0.508 e. The van der Waals surface area contributed by atoms with Crippen molar-refractivity contribution in [2.45, 2.75) is 12.8 Å². The summed E-state index contributed by atoms with van der Waals surface area (Å²) in [4.78, 5) is 11.9. The molecule has 0 radical (unpaired) electrons. The zero-order valence-electron chi connectivity index (χ0n) is 11.7. The van der Waals surface area contributed by atoms with Gasteiger partial charge >= 0.3 is 5.69 Å². The Morgan fingerprint density at radius 2 is 1.82 bits per heavy atom. The topological polar surface area (TPSA) is 70.9 Å². The minimum absolute atomic E-state index is 0.216. The molecule has 0 amide bonds. The Kier molecular flexibility index (Phi) is 3.74. The summed E-state index contributed by atoms with van der Waals surface area (Å²) in [5, 5.41) is 16.2. The lowest BCUT2D eigenvalue weighted by molar-refractivity contribution is 0.467. The molecule has 1 aromatic heterocycles. The number of nitrogens with one attached hydrogen (secondary N) is 1. The molecule has 2 N–H and O–H groups in total. The van der Waals surface area contributed by atoms with E-state index in [0.717, 1.165) is 5.56 Å². The van der Waals surface area contributed by atoms with Crippen LogP contribution in [-0.4, -0.2) is 19.9 Å². The summed E-state index contributed by atoms with van der Waals surface area (Å²) in [6.07, 6.45) is 1.01. The summed E-state index contributed by atoms with van der Waals surface area (Å²) in [6.45, 7) is 0. The summed E-state index contributed by atoms with van der Waals surface area (Å²) >= 11 is 0. The molecule has 22 heavy (non-hydrogen) atoms. The van der Waals surface area contributed by atoms with Gasteiger partial charge in [-0.3, -0.25) is 0 Å². The third kappa shape index (κ3) is 2.76. The molecule has 0 spiro atoms. The maximum Gasteiger partial charge on any atom is 0.347 e. The van der Waals surface area contributed by atoms with Crippen LogP contribution < -0.4 is 5.69 Å². The summed E-state index contributed by atoms with van der Waals surface area (Å²) in [7, 11) is 0. The van der Waals surface area contributed by atoms with Crippen molar-refractivity contribution in [1.29, 1.82) is 0 Å². The fraction of sp³-hybridized carbons (Fsp3) is 0.125. The van der Waals surface area contributed by atoms with Gasteiger partial charge < -0.3 is 5.11 Å². The summed E-state index contributed by atoms with van der Waals surface area (Å²) < 4.78 is 14.4. The lowest BCUT2D eigenvalue weighted by Gasteiger charge is -2.07. The first-order valence-electron chi connectivity index (χ1n) is 6.84. The molecule has 1 heterocycles. The van der Waals surface area contributed by atoms with Crippen molar-refractivity contribution in [2.75, 3.05) is 0 Å². The smallest absolute Gasteiger partial charge is 0.347 e. The molecule has 6 heteroatoms. The van der Waals surface area contributed by atoms with Crippen LogP contribution in [0.1, 0.15) is 11.4 Å². The highest BCUT2D eigenvalue weighted by Gasteiger charge is 2.11. The molecule has 0 unspecified atom stereocenters. The van der Waals surface area contributed by atoms with Gasteiger partial charge in [0, 0.05) is 6.42 Å². The van der Waals surface area contributed by atoms with Crippen LogP contribution in [0, 0.1) is 5.82 Å². The van der Waals surface area contributed by atoms with Crippen LogP contribution in [0.4, 0.5) is 4.39 Å². The number of hydrogen-bond acceptors (Lipinski definition) is 3. The normalized spacial score (nSPS) is 10.8. The van der Waals surface area contributed by atoms with Gasteiger partial charge in [-0.2, -0.15) is 5.10 Å². The van der Waals surface area contributed by atoms with E-state index in [0.29, 0.717) is 24.4 Å². The number of aromatic nitrogens is 3. The molecule has 0 aliphatic carbocycles. The average Bonchev–Trinajstić information content (AvgIpc) is 2.88. The van der Waals surface area contributed by atoms with Crippen LogP contribution in [0.15, 0.2) is 53.3 Å². The quantitative estimate of drug-likeness (QED) is 0.776. The zero-order chi connectivity index (χ0) is 15.5. The Labute approximate surface area is 125 Å². The Hall–Kier alpha value is -2.89. The van der Waals surface area contributed by atoms with Gasteiger partial charge in [0.25, 0.3) is 0 Å². The van der Waals surface area contributed by atoms with E-state index < -0.39 is 0 Å². The molecule has 3 rings (SSSR count). The van der Waals surface area contributed by atoms with Crippen molar-refractivity contribution >= 4 is 0 Å². The molecule has 0 fully saturated rings. The highest BCUT2D eigenvalue weighted by atomic mass is 19.1. The van der Waals surface area contributed by atoms with E-state index in [-0.39, 0.29) is 17.3 Å². The van der Waals surface area contributed by atoms with E-state index in [1.54, 1.807) is 12.1 Å². The summed E-state index contributed by atoms with van der Waals surface area (Å²) in [5.74, 6) is 0.379. The van der Waals surface area contributed by atoms with Gasteiger partial charge in [0.05, 0.1) is 5.69 Å². The number of para-hydroxylation sites is 1. The monoisotopic (exact) mass is 299 g/mol. The molecule has 0 saturated carbocycles. The Balaban J connectivity index is 1.88.